The highest BCUT2D eigenvalue weighted by Crippen LogP contribution is 2.32. The number of carbonyl (C=O) groups excluding carboxylic acids is 1. The zero-order chi connectivity index (χ0) is 14.6. The van der Waals surface area contributed by atoms with E-state index >= 15 is 0 Å². The summed E-state index contributed by atoms with van der Waals surface area (Å²) in [5.41, 5.74) is 0.0578. The van der Waals surface area contributed by atoms with Crippen LogP contribution in [-0.4, -0.2) is 22.6 Å². The Morgan fingerprint density at radius 2 is 2.00 bits per heavy atom. The fraction of sp³-hybridized carbons (Fsp3) is 0.429. The minimum Gasteiger partial charge on any atom is -0.481 e. The average molecular weight is 341 g/mol. The second-order valence-corrected chi connectivity index (χ2v) is 6.06. The number of hydrogen-bond donors (Lipinski definition) is 3. The largest absolute Gasteiger partial charge is 0.481 e. The minimum atomic E-state index is -0.880. The fourth-order valence-corrected chi connectivity index (χ4v) is 3.06. The van der Waals surface area contributed by atoms with Crippen molar-refractivity contribution in [1.82, 2.24) is 5.32 Å². The molecule has 1 aliphatic rings. The number of rotatable bonds is 4. The van der Waals surface area contributed by atoms with Gasteiger partial charge in [-0.25, -0.2) is 4.79 Å². The van der Waals surface area contributed by atoms with Crippen molar-refractivity contribution < 1.29 is 14.7 Å². The second-order valence-electron chi connectivity index (χ2n) is 5.15. The van der Waals surface area contributed by atoms with E-state index in [-0.39, 0.29) is 12.5 Å². The van der Waals surface area contributed by atoms with E-state index in [1.165, 1.54) is 0 Å². The molecule has 0 saturated heterocycles. The van der Waals surface area contributed by atoms with Crippen molar-refractivity contribution in [3.8, 4) is 0 Å². The predicted molar refractivity (Wildman–Crippen MR) is 79.7 cm³/mol. The van der Waals surface area contributed by atoms with Gasteiger partial charge in [0.25, 0.3) is 0 Å². The van der Waals surface area contributed by atoms with Crippen molar-refractivity contribution in [2.24, 2.45) is 0 Å². The average Bonchev–Trinajstić information content (AvgIpc) is 2.75. The van der Waals surface area contributed by atoms with E-state index in [0.29, 0.717) is 18.5 Å². The van der Waals surface area contributed by atoms with Crippen LogP contribution in [-0.2, 0) is 4.79 Å². The maximum absolute atomic E-state index is 12.0. The third kappa shape index (κ3) is 3.96. The molecule has 1 aromatic carbocycles. The van der Waals surface area contributed by atoms with Gasteiger partial charge in [-0.15, -0.1) is 0 Å². The molecular formula is C14H17BrN2O3. The number of halogens is 1. The summed E-state index contributed by atoms with van der Waals surface area (Å²) in [6.07, 6.45) is 3.30. The highest BCUT2D eigenvalue weighted by Gasteiger charge is 2.37. The first-order valence-electron chi connectivity index (χ1n) is 6.56. The van der Waals surface area contributed by atoms with Gasteiger partial charge in [0, 0.05) is 10.2 Å². The second kappa shape index (κ2) is 6.26. The summed E-state index contributed by atoms with van der Waals surface area (Å²) in [6.45, 7) is 0. The standard InChI is InChI=1S/C14H17BrN2O3/c15-10-4-3-5-11(8-10)16-13(20)17-14(9-12(18)19)6-1-2-7-14/h3-5,8H,1-2,6-7,9H2,(H,18,19)(H2,16,17,20). The summed E-state index contributed by atoms with van der Waals surface area (Å²) in [4.78, 5) is 23.0. The van der Waals surface area contributed by atoms with Gasteiger partial charge in [-0.2, -0.15) is 0 Å². The van der Waals surface area contributed by atoms with E-state index < -0.39 is 11.5 Å². The molecule has 2 rings (SSSR count). The van der Waals surface area contributed by atoms with Crippen molar-refractivity contribution >= 4 is 33.6 Å². The maximum Gasteiger partial charge on any atom is 0.319 e. The zero-order valence-electron chi connectivity index (χ0n) is 11.0. The molecule has 1 aromatic rings. The van der Waals surface area contributed by atoms with Crippen LogP contribution >= 0.6 is 15.9 Å². The van der Waals surface area contributed by atoms with Crippen molar-refractivity contribution in [3.05, 3.63) is 28.7 Å². The Labute approximate surface area is 125 Å². The smallest absolute Gasteiger partial charge is 0.319 e. The van der Waals surface area contributed by atoms with Crippen LogP contribution in [0.1, 0.15) is 32.1 Å². The van der Waals surface area contributed by atoms with E-state index in [9.17, 15) is 9.59 Å². The molecule has 0 spiro atoms. The minimum absolute atomic E-state index is 0.0289. The van der Waals surface area contributed by atoms with Crippen LogP contribution in [0.25, 0.3) is 0 Å². The number of carboxylic acid groups (broad SMARTS) is 1. The number of carbonyl (C=O) groups is 2. The van der Waals surface area contributed by atoms with Crippen LogP contribution in [0.4, 0.5) is 10.5 Å². The molecule has 20 heavy (non-hydrogen) atoms. The number of hydrogen-bond acceptors (Lipinski definition) is 2. The van der Waals surface area contributed by atoms with Gasteiger partial charge in [0.15, 0.2) is 0 Å². The van der Waals surface area contributed by atoms with Crippen LogP contribution in [0, 0.1) is 0 Å². The Hall–Kier alpha value is -1.56. The highest BCUT2D eigenvalue weighted by molar-refractivity contribution is 9.10. The first kappa shape index (κ1) is 14.8. The van der Waals surface area contributed by atoms with E-state index in [2.05, 4.69) is 26.6 Å². The van der Waals surface area contributed by atoms with E-state index in [0.717, 1.165) is 17.3 Å². The van der Waals surface area contributed by atoms with Gasteiger partial charge in [-0.05, 0) is 31.0 Å². The van der Waals surface area contributed by atoms with Gasteiger partial charge in [-0.3, -0.25) is 4.79 Å². The molecule has 5 nitrogen and oxygen atoms in total. The van der Waals surface area contributed by atoms with Crippen LogP contribution in [0.5, 0.6) is 0 Å². The fourth-order valence-electron chi connectivity index (χ4n) is 2.66. The molecule has 108 valence electrons. The Morgan fingerprint density at radius 1 is 1.30 bits per heavy atom. The van der Waals surface area contributed by atoms with Crippen LogP contribution in [0.2, 0.25) is 0 Å². The molecule has 3 N–H and O–H groups in total. The number of urea groups is 1. The molecule has 6 heteroatoms. The van der Waals surface area contributed by atoms with Crippen LogP contribution in [0.3, 0.4) is 0 Å². The summed E-state index contributed by atoms with van der Waals surface area (Å²) < 4.78 is 0.872. The van der Waals surface area contributed by atoms with Crippen LogP contribution in [0.15, 0.2) is 28.7 Å². The lowest BCUT2D eigenvalue weighted by molar-refractivity contribution is -0.138. The molecular weight excluding hydrogens is 324 g/mol. The Bertz CT molecular complexity index is 513. The molecule has 0 heterocycles. The lowest BCUT2D eigenvalue weighted by atomic mass is 9.93. The number of nitrogens with one attached hydrogen (secondary N) is 2. The van der Waals surface area contributed by atoms with Crippen molar-refractivity contribution in [2.45, 2.75) is 37.6 Å². The lowest BCUT2D eigenvalue weighted by Crippen LogP contribution is -2.49. The number of amides is 2. The zero-order valence-corrected chi connectivity index (χ0v) is 12.6. The molecule has 0 atom stereocenters. The third-order valence-electron chi connectivity index (χ3n) is 3.51. The van der Waals surface area contributed by atoms with Gasteiger partial charge >= 0.3 is 12.0 Å². The van der Waals surface area contributed by atoms with Gasteiger partial charge in [0.1, 0.15) is 0 Å². The summed E-state index contributed by atoms with van der Waals surface area (Å²) in [5.74, 6) is -0.880. The Kier molecular flexibility index (Phi) is 4.65. The van der Waals surface area contributed by atoms with Gasteiger partial charge < -0.3 is 15.7 Å². The summed E-state index contributed by atoms with van der Waals surface area (Å²) >= 11 is 3.33. The molecule has 1 fully saturated rings. The first-order valence-corrected chi connectivity index (χ1v) is 7.35. The summed E-state index contributed by atoms with van der Waals surface area (Å²) in [5, 5.41) is 14.6. The molecule has 0 aromatic heterocycles. The number of benzene rings is 1. The molecule has 0 aliphatic heterocycles. The summed E-state index contributed by atoms with van der Waals surface area (Å²) in [7, 11) is 0. The van der Waals surface area contributed by atoms with E-state index in [1.54, 1.807) is 12.1 Å². The predicted octanol–water partition coefficient (Wildman–Crippen LogP) is 3.36. The maximum atomic E-state index is 12.0. The Morgan fingerprint density at radius 3 is 2.60 bits per heavy atom. The third-order valence-corrected chi connectivity index (χ3v) is 4.00. The number of carboxylic acids is 1. The summed E-state index contributed by atoms with van der Waals surface area (Å²) in [6, 6.07) is 6.90. The molecule has 1 saturated carbocycles. The quantitative estimate of drug-likeness (QED) is 0.786. The van der Waals surface area contributed by atoms with Gasteiger partial charge in [0.05, 0.1) is 12.0 Å². The van der Waals surface area contributed by atoms with Gasteiger partial charge in [0.2, 0.25) is 0 Å². The highest BCUT2D eigenvalue weighted by atomic mass is 79.9. The van der Waals surface area contributed by atoms with Crippen LogP contribution < -0.4 is 10.6 Å². The topological polar surface area (TPSA) is 78.4 Å². The van der Waals surface area contributed by atoms with Crippen molar-refractivity contribution in [1.29, 1.82) is 0 Å². The van der Waals surface area contributed by atoms with E-state index in [4.69, 9.17) is 5.11 Å². The number of anilines is 1. The van der Waals surface area contributed by atoms with Crippen molar-refractivity contribution in [2.75, 3.05) is 5.32 Å². The molecule has 2 amide bonds. The van der Waals surface area contributed by atoms with Crippen molar-refractivity contribution in [3.63, 3.8) is 0 Å². The monoisotopic (exact) mass is 340 g/mol. The normalized spacial score (nSPS) is 16.6. The Balaban J connectivity index is 2.00. The van der Waals surface area contributed by atoms with E-state index in [1.807, 2.05) is 12.1 Å². The lowest BCUT2D eigenvalue weighted by Gasteiger charge is -2.28. The molecule has 0 radical (unpaired) electrons. The number of aliphatic carboxylic acids is 1. The molecule has 1 aliphatic carbocycles. The molecule has 0 unspecified atom stereocenters. The SMILES string of the molecule is O=C(O)CC1(NC(=O)Nc2cccc(Br)c2)CCCC1. The molecule has 0 bridgehead atoms. The first-order chi connectivity index (χ1) is 9.49. The van der Waals surface area contributed by atoms with Gasteiger partial charge in [-0.1, -0.05) is 34.8 Å².